The largest absolute Gasteiger partial charge is 0.521 e. The van der Waals surface area contributed by atoms with Crippen LogP contribution >= 0.6 is 11.1 Å². The van der Waals surface area contributed by atoms with Crippen molar-refractivity contribution in [1.82, 2.24) is 0 Å². The van der Waals surface area contributed by atoms with E-state index in [1.807, 2.05) is 0 Å². The van der Waals surface area contributed by atoms with Gasteiger partial charge >= 0.3 is 8.05 Å². The van der Waals surface area contributed by atoms with E-state index >= 15 is 0 Å². The Hall–Kier alpha value is 0.367. The summed E-state index contributed by atoms with van der Waals surface area (Å²) < 4.78 is 23.3. The standard InChI is InChI=1S/C3H7ClF2Si/c1-2-3-7(4,5)6/h2-3H2,1H3. The fraction of sp³-hybridized carbons (Fsp3) is 1.00. The first-order valence-electron chi connectivity index (χ1n) is 2.13. The summed E-state index contributed by atoms with van der Waals surface area (Å²) in [6.07, 6.45) is 0.489. The van der Waals surface area contributed by atoms with Crippen molar-refractivity contribution >= 4 is 19.1 Å². The third kappa shape index (κ3) is 6.37. The molecule has 0 fully saturated rings. The van der Waals surface area contributed by atoms with E-state index in [1.165, 1.54) is 0 Å². The molecule has 0 radical (unpaired) electrons. The van der Waals surface area contributed by atoms with Gasteiger partial charge in [-0.25, -0.2) is 0 Å². The molecule has 0 aromatic rings. The Morgan fingerprint density at radius 1 is 1.57 bits per heavy atom. The fourth-order valence-corrected chi connectivity index (χ4v) is 1.42. The van der Waals surface area contributed by atoms with E-state index in [4.69, 9.17) is 0 Å². The maximum Gasteiger partial charge on any atom is 0.521 e. The summed E-state index contributed by atoms with van der Waals surface area (Å²) in [5.41, 5.74) is 0. The normalized spacial score (nSPS) is 12.0. The van der Waals surface area contributed by atoms with Crippen LogP contribution in [0.25, 0.3) is 0 Å². The first-order valence-corrected chi connectivity index (χ1v) is 5.10. The number of rotatable bonds is 2. The minimum atomic E-state index is -4.18. The second-order valence-corrected chi connectivity index (χ2v) is 4.75. The Morgan fingerprint density at radius 2 is 2.00 bits per heavy atom. The van der Waals surface area contributed by atoms with E-state index in [9.17, 15) is 8.22 Å². The zero-order chi connectivity index (χ0) is 5.91. The van der Waals surface area contributed by atoms with E-state index in [-0.39, 0.29) is 6.04 Å². The van der Waals surface area contributed by atoms with Crippen molar-refractivity contribution in [3.05, 3.63) is 0 Å². The van der Waals surface area contributed by atoms with E-state index in [0.29, 0.717) is 6.42 Å². The van der Waals surface area contributed by atoms with Crippen molar-refractivity contribution in [2.45, 2.75) is 19.4 Å². The Labute approximate surface area is 47.5 Å². The molecule has 0 saturated carbocycles. The number of halogens is 3. The van der Waals surface area contributed by atoms with Gasteiger partial charge in [-0.15, -0.1) is 0 Å². The van der Waals surface area contributed by atoms with Crippen LogP contribution in [0.3, 0.4) is 0 Å². The molecule has 0 rings (SSSR count). The average molecular weight is 145 g/mol. The fourth-order valence-electron chi connectivity index (χ4n) is 0.283. The van der Waals surface area contributed by atoms with Gasteiger partial charge in [-0.05, 0) is 0 Å². The van der Waals surface area contributed by atoms with Gasteiger partial charge in [0.15, 0.2) is 0 Å². The smallest absolute Gasteiger partial charge is 0.253 e. The zero-order valence-corrected chi connectivity index (χ0v) is 5.80. The van der Waals surface area contributed by atoms with Gasteiger partial charge in [-0.3, -0.25) is 8.22 Å². The second-order valence-electron chi connectivity index (χ2n) is 1.37. The molecule has 44 valence electrons. The van der Waals surface area contributed by atoms with Gasteiger partial charge in [0.1, 0.15) is 0 Å². The highest BCUT2D eigenvalue weighted by Gasteiger charge is 2.30. The van der Waals surface area contributed by atoms with Crippen molar-refractivity contribution in [1.29, 1.82) is 0 Å². The van der Waals surface area contributed by atoms with Crippen LogP contribution in [0.15, 0.2) is 0 Å². The van der Waals surface area contributed by atoms with Gasteiger partial charge in [-0.2, -0.15) is 0 Å². The van der Waals surface area contributed by atoms with Gasteiger partial charge in [0.2, 0.25) is 0 Å². The molecule has 0 saturated heterocycles. The molecule has 4 heteroatoms. The van der Waals surface area contributed by atoms with Crippen molar-refractivity contribution in [3.8, 4) is 0 Å². The summed E-state index contributed by atoms with van der Waals surface area (Å²) in [5.74, 6) is 0. The number of hydrogen-bond donors (Lipinski definition) is 0. The first kappa shape index (κ1) is 7.37. The lowest BCUT2D eigenvalue weighted by Gasteiger charge is -1.97. The summed E-state index contributed by atoms with van der Waals surface area (Å²) in [5, 5.41) is 0. The maximum absolute atomic E-state index is 11.6. The maximum atomic E-state index is 11.6. The van der Waals surface area contributed by atoms with Crippen molar-refractivity contribution < 1.29 is 8.22 Å². The summed E-state index contributed by atoms with van der Waals surface area (Å²) in [7, 11) is -4.18. The summed E-state index contributed by atoms with van der Waals surface area (Å²) in [6.45, 7) is 1.70. The van der Waals surface area contributed by atoms with Crippen LogP contribution in [0.4, 0.5) is 8.22 Å². The van der Waals surface area contributed by atoms with Crippen molar-refractivity contribution in [2.75, 3.05) is 0 Å². The van der Waals surface area contributed by atoms with Crippen molar-refractivity contribution in [2.24, 2.45) is 0 Å². The second kappa shape index (κ2) is 2.62. The molecule has 0 unspecified atom stereocenters. The topological polar surface area (TPSA) is 0 Å². The molecule has 0 nitrogen and oxygen atoms in total. The third-order valence-electron chi connectivity index (χ3n) is 0.533. The predicted molar refractivity (Wildman–Crippen MR) is 28.9 cm³/mol. The molecule has 0 aliphatic heterocycles. The lowest BCUT2D eigenvalue weighted by molar-refractivity contribution is 0.630. The summed E-state index contributed by atoms with van der Waals surface area (Å²) in [6, 6.07) is -0.0887. The van der Waals surface area contributed by atoms with Crippen LogP contribution in [0.2, 0.25) is 6.04 Å². The molecule has 0 heterocycles. The highest BCUT2D eigenvalue weighted by Crippen LogP contribution is 2.18. The van der Waals surface area contributed by atoms with Crippen LogP contribution in [0.5, 0.6) is 0 Å². The third-order valence-corrected chi connectivity index (χ3v) is 2.17. The molecule has 0 atom stereocenters. The molecule has 0 N–H and O–H groups in total. The Morgan fingerprint density at radius 3 is 2.00 bits per heavy atom. The molecule has 0 aromatic carbocycles. The Balaban J connectivity index is 3.15. The molecule has 0 spiro atoms. The van der Waals surface area contributed by atoms with Crippen LogP contribution in [-0.4, -0.2) is 8.05 Å². The highest BCUT2D eigenvalue weighted by molar-refractivity contribution is 7.12. The van der Waals surface area contributed by atoms with Gasteiger partial charge in [0, 0.05) is 6.04 Å². The molecular weight excluding hydrogens is 138 g/mol. The molecule has 0 amide bonds. The zero-order valence-electron chi connectivity index (χ0n) is 4.05. The average Bonchev–Trinajstić information content (AvgIpc) is 1.30. The van der Waals surface area contributed by atoms with Crippen LogP contribution in [-0.2, 0) is 0 Å². The molecule has 7 heavy (non-hydrogen) atoms. The predicted octanol–water partition coefficient (Wildman–Crippen LogP) is 2.51. The van der Waals surface area contributed by atoms with Gasteiger partial charge in [0.25, 0.3) is 0 Å². The highest BCUT2D eigenvalue weighted by atomic mass is 35.6. The van der Waals surface area contributed by atoms with E-state index in [1.54, 1.807) is 6.92 Å². The quantitative estimate of drug-likeness (QED) is 0.413. The minimum absolute atomic E-state index is 0.0887. The van der Waals surface area contributed by atoms with Gasteiger partial charge in [0.05, 0.1) is 0 Å². The van der Waals surface area contributed by atoms with E-state index in [0.717, 1.165) is 0 Å². The molecule has 0 aromatic heterocycles. The molecular formula is C3H7ClF2Si. The molecule has 0 aliphatic carbocycles. The molecule has 0 bridgehead atoms. The lowest BCUT2D eigenvalue weighted by atomic mass is 10.6. The summed E-state index contributed by atoms with van der Waals surface area (Å²) >= 11 is 4.64. The monoisotopic (exact) mass is 144 g/mol. The SMILES string of the molecule is CCC[Si](F)(F)Cl. The van der Waals surface area contributed by atoms with Gasteiger partial charge < -0.3 is 0 Å². The van der Waals surface area contributed by atoms with Crippen LogP contribution in [0.1, 0.15) is 13.3 Å². The minimum Gasteiger partial charge on any atom is -0.253 e. The van der Waals surface area contributed by atoms with Crippen LogP contribution < -0.4 is 0 Å². The van der Waals surface area contributed by atoms with Crippen LogP contribution in [0, 0.1) is 0 Å². The first-order chi connectivity index (χ1) is 3.06. The van der Waals surface area contributed by atoms with Gasteiger partial charge in [-0.1, -0.05) is 24.4 Å². The van der Waals surface area contributed by atoms with E-state index < -0.39 is 8.05 Å². The summed E-state index contributed by atoms with van der Waals surface area (Å²) in [4.78, 5) is 0. The Bertz CT molecular complexity index is 51.4. The van der Waals surface area contributed by atoms with E-state index in [2.05, 4.69) is 11.1 Å². The molecule has 0 aliphatic rings. The number of hydrogen-bond acceptors (Lipinski definition) is 0. The van der Waals surface area contributed by atoms with Crippen molar-refractivity contribution in [3.63, 3.8) is 0 Å². The lowest BCUT2D eigenvalue weighted by Crippen LogP contribution is -2.10. The Kier molecular flexibility index (Phi) is 2.76.